The fourth-order valence-electron chi connectivity index (χ4n) is 4.03. The molecule has 41 heavy (non-hydrogen) atoms. The smallest absolute Gasteiger partial charge is 0.341 e. The number of aryl methyl sites for hydroxylation is 1. The SMILES string of the molecule is C=C(CO)C(=O)Oc1cc(COc2ccc(-c3ccc(CCCCCCC)cc3)cc2)cc(OC(=O)C(=C)CO)c1. The van der Waals surface area contributed by atoms with Gasteiger partial charge in [-0.2, -0.15) is 0 Å². The fraction of sp³-hybridized carbons (Fsp3) is 0.294. The summed E-state index contributed by atoms with van der Waals surface area (Å²) in [5.41, 5.74) is 3.84. The van der Waals surface area contributed by atoms with Crippen molar-refractivity contribution in [1.29, 1.82) is 0 Å². The second kappa shape index (κ2) is 16.2. The van der Waals surface area contributed by atoms with E-state index in [1.54, 1.807) is 12.1 Å². The Morgan fingerprint density at radius 2 is 1.17 bits per heavy atom. The molecule has 0 unspecified atom stereocenters. The van der Waals surface area contributed by atoms with E-state index in [-0.39, 0.29) is 29.3 Å². The van der Waals surface area contributed by atoms with Crippen LogP contribution < -0.4 is 14.2 Å². The molecule has 216 valence electrons. The third kappa shape index (κ3) is 10.0. The molecule has 2 N–H and O–H groups in total. The Balaban J connectivity index is 1.65. The summed E-state index contributed by atoms with van der Waals surface area (Å²) in [6.45, 7) is 8.11. The van der Waals surface area contributed by atoms with Crippen LogP contribution in [0.5, 0.6) is 17.2 Å². The van der Waals surface area contributed by atoms with Gasteiger partial charge in [-0.25, -0.2) is 9.59 Å². The predicted molar refractivity (Wildman–Crippen MR) is 159 cm³/mol. The number of ether oxygens (including phenoxy) is 3. The maximum Gasteiger partial charge on any atom is 0.341 e. The number of rotatable bonds is 16. The molecule has 0 fully saturated rings. The second-order valence-corrected chi connectivity index (χ2v) is 9.79. The van der Waals surface area contributed by atoms with Crippen molar-refractivity contribution in [3.8, 4) is 28.4 Å². The molecule has 0 saturated carbocycles. The number of carbonyl (C=O) groups is 2. The van der Waals surface area contributed by atoms with Gasteiger partial charge < -0.3 is 24.4 Å². The van der Waals surface area contributed by atoms with Crippen molar-refractivity contribution in [3.63, 3.8) is 0 Å². The Morgan fingerprint density at radius 1 is 0.659 bits per heavy atom. The van der Waals surface area contributed by atoms with Gasteiger partial charge in [0.2, 0.25) is 0 Å². The van der Waals surface area contributed by atoms with Crippen LogP contribution in [0.2, 0.25) is 0 Å². The zero-order chi connectivity index (χ0) is 29.6. The molecule has 3 aromatic carbocycles. The summed E-state index contributed by atoms with van der Waals surface area (Å²) in [7, 11) is 0. The normalized spacial score (nSPS) is 10.6. The zero-order valence-corrected chi connectivity index (χ0v) is 23.6. The van der Waals surface area contributed by atoms with Crippen LogP contribution in [0.3, 0.4) is 0 Å². The molecule has 0 aliphatic heterocycles. The third-order valence-corrected chi connectivity index (χ3v) is 6.44. The Labute approximate surface area is 241 Å². The molecule has 3 aromatic rings. The summed E-state index contributed by atoms with van der Waals surface area (Å²) in [5, 5.41) is 18.3. The Bertz CT molecular complexity index is 1280. The lowest BCUT2D eigenvalue weighted by molar-refractivity contribution is -0.131. The molecular formula is C34H38O7. The fourth-order valence-corrected chi connectivity index (χ4v) is 4.03. The van der Waals surface area contributed by atoms with Gasteiger partial charge in [-0.05, 0) is 59.4 Å². The first kappa shape index (κ1) is 31.3. The van der Waals surface area contributed by atoms with Gasteiger partial charge in [0.1, 0.15) is 23.9 Å². The number of hydrogen-bond acceptors (Lipinski definition) is 7. The van der Waals surface area contributed by atoms with E-state index in [0.717, 1.165) is 17.5 Å². The third-order valence-electron chi connectivity index (χ3n) is 6.44. The van der Waals surface area contributed by atoms with E-state index < -0.39 is 25.2 Å². The number of benzene rings is 3. The minimum Gasteiger partial charge on any atom is -0.489 e. The van der Waals surface area contributed by atoms with Gasteiger partial charge in [-0.15, -0.1) is 0 Å². The van der Waals surface area contributed by atoms with Gasteiger partial charge in [-0.3, -0.25) is 0 Å². The molecule has 0 aromatic heterocycles. The number of unbranched alkanes of at least 4 members (excludes halogenated alkanes) is 4. The Morgan fingerprint density at radius 3 is 1.68 bits per heavy atom. The van der Waals surface area contributed by atoms with Crippen molar-refractivity contribution >= 4 is 11.9 Å². The number of hydrogen-bond donors (Lipinski definition) is 2. The van der Waals surface area contributed by atoms with Gasteiger partial charge >= 0.3 is 11.9 Å². The van der Waals surface area contributed by atoms with Gasteiger partial charge in [0.25, 0.3) is 0 Å². The molecular weight excluding hydrogens is 520 g/mol. The molecule has 7 nitrogen and oxygen atoms in total. The molecule has 0 bridgehead atoms. The molecule has 0 atom stereocenters. The maximum atomic E-state index is 12.1. The first-order valence-electron chi connectivity index (χ1n) is 13.8. The Kier molecular flexibility index (Phi) is 12.3. The minimum absolute atomic E-state index is 0.0721. The summed E-state index contributed by atoms with van der Waals surface area (Å²) < 4.78 is 16.5. The number of esters is 2. The average Bonchev–Trinajstić information content (AvgIpc) is 2.99. The number of carbonyl (C=O) groups excluding carboxylic acids is 2. The summed E-state index contributed by atoms with van der Waals surface area (Å²) >= 11 is 0. The molecule has 0 spiro atoms. The maximum absolute atomic E-state index is 12.1. The largest absolute Gasteiger partial charge is 0.489 e. The number of aliphatic hydroxyl groups excluding tert-OH is 2. The van der Waals surface area contributed by atoms with Gasteiger partial charge in [0.15, 0.2) is 0 Å². The molecule has 0 radical (unpaired) electrons. The highest BCUT2D eigenvalue weighted by atomic mass is 16.5. The number of aliphatic hydroxyl groups is 2. The lowest BCUT2D eigenvalue weighted by Gasteiger charge is -2.12. The van der Waals surface area contributed by atoms with Crippen molar-refractivity contribution in [2.24, 2.45) is 0 Å². The van der Waals surface area contributed by atoms with E-state index in [0.29, 0.717) is 11.3 Å². The van der Waals surface area contributed by atoms with Crippen LogP contribution >= 0.6 is 0 Å². The van der Waals surface area contributed by atoms with E-state index in [1.807, 2.05) is 24.3 Å². The van der Waals surface area contributed by atoms with Crippen molar-refractivity contribution in [1.82, 2.24) is 0 Å². The zero-order valence-electron chi connectivity index (χ0n) is 23.6. The van der Waals surface area contributed by atoms with Gasteiger partial charge in [0.05, 0.1) is 24.4 Å². The molecule has 7 heteroatoms. The highest BCUT2D eigenvalue weighted by Crippen LogP contribution is 2.27. The Hall–Kier alpha value is -4.20. The first-order chi connectivity index (χ1) is 19.8. The molecule has 0 heterocycles. The van der Waals surface area contributed by atoms with Crippen LogP contribution in [0.1, 0.15) is 50.2 Å². The minimum atomic E-state index is -0.821. The van der Waals surface area contributed by atoms with Crippen LogP contribution in [-0.4, -0.2) is 35.4 Å². The first-order valence-corrected chi connectivity index (χ1v) is 13.8. The van der Waals surface area contributed by atoms with Crippen LogP contribution in [-0.2, 0) is 22.6 Å². The van der Waals surface area contributed by atoms with Crippen LogP contribution in [0.25, 0.3) is 11.1 Å². The predicted octanol–water partition coefficient (Wildman–Crippen LogP) is 6.35. The van der Waals surface area contributed by atoms with Gasteiger partial charge in [0, 0.05) is 6.07 Å². The molecule has 3 rings (SSSR count). The molecule has 0 aliphatic rings. The average molecular weight is 559 g/mol. The quantitative estimate of drug-likeness (QED) is 0.0914. The standard InChI is InChI=1S/C34H38O7/c1-4-5-6-7-8-9-26-10-12-28(13-11-26)29-14-16-30(17-15-29)39-23-27-18-31(40-33(37)24(2)21-35)20-32(19-27)41-34(38)25(3)22-36/h10-20,35-36H,2-9,21-23H2,1H3. The van der Waals surface area contributed by atoms with Crippen molar-refractivity contribution in [2.45, 2.75) is 52.1 Å². The molecule has 0 amide bonds. The second-order valence-electron chi connectivity index (χ2n) is 9.79. The van der Waals surface area contributed by atoms with Crippen molar-refractivity contribution < 1.29 is 34.0 Å². The summed E-state index contributed by atoms with van der Waals surface area (Å²) in [6.07, 6.45) is 7.46. The van der Waals surface area contributed by atoms with E-state index in [4.69, 9.17) is 24.4 Å². The highest BCUT2D eigenvalue weighted by molar-refractivity contribution is 5.90. The van der Waals surface area contributed by atoms with E-state index in [1.165, 1.54) is 43.7 Å². The van der Waals surface area contributed by atoms with Crippen molar-refractivity contribution in [2.75, 3.05) is 13.2 Å². The highest BCUT2D eigenvalue weighted by Gasteiger charge is 2.14. The monoisotopic (exact) mass is 558 g/mol. The topological polar surface area (TPSA) is 102 Å². The molecule has 0 saturated heterocycles. The van der Waals surface area contributed by atoms with E-state index in [2.05, 4.69) is 44.3 Å². The van der Waals surface area contributed by atoms with Crippen molar-refractivity contribution in [3.05, 3.63) is 102 Å². The summed E-state index contributed by atoms with van der Waals surface area (Å²) in [6, 6.07) is 20.8. The van der Waals surface area contributed by atoms with E-state index >= 15 is 0 Å². The molecule has 0 aliphatic carbocycles. The van der Waals surface area contributed by atoms with Crippen LogP contribution in [0.4, 0.5) is 0 Å². The lowest BCUT2D eigenvalue weighted by Crippen LogP contribution is -2.15. The van der Waals surface area contributed by atoms with Gasteiger partial charge in [-0.1, -0.05) is 82.2 Å². The summed E-state index contributed by atoms with van der Waals surface area (Å²) in [4.78, 5) is 24.2. The van der Waals surface area contributed by atoms with Crippen LogP contribution in [0, 0.1) is 0 Å². The van der Waals surface area contributed by atoms with Crippen LogP contribution in [0.15, 0.2) is 91.0 Å². The lowest BCUT2D eigenvalue weighted by atomic mass is 10.0. The van der Waals surface area contributed by atoms with E-state index in [9.17, 15) is 9.59 Å². The summed E-state index contributed by atoms with van der Waals surface area (Å²) in [5.74, 6) is -0.872.